The Bertz CT molecular complexity index is 837. The molecule has 0 fully saturated rings. The molecule has 0 aliphatic carbocycles. The van der Waals surface area contributed by atoms with Crippen LogP contribution in [0.15, 0.2) is 30.5 Å². The summed E-state index contributed by atoms with van der Waals surface area (Å²) in [4.78, 5) is 18.1. The number of carbonyl (C=O) groups excluding carboxylic acids is 1. The van der Waals surface area contributed by atoms with Crippen molar-refractivity contribution in [1.29, 1.82) is 0 Å². The van der Waals surface area contributed by atoms with Crippen LogP contribution in [0.3, 0.4) is 0 Å². The van der Waals surface area contributed by atoms with E-state index in [9.17, 15) is 18.0 Å². The Labute approximate surface area is 155 Å². The van der Waals surface area contributed by atoms with E-state index in [4.69, 9.17) is 4.74 Å². The maximum atomic E-state index is 13.2. The van der Waals surface area contributed by atoms with Crippen LogP contribution >= 0.6 is 0 Å². The van der Waals surface area contributed by atoms with Gasteiger partial charge < -0.3 is 9.30 Å². The molecular formula is C19H22F3N3O2. The number of hydrogen-bond acceptors (Lipinski definition) is 3. The molecule has 27 heavy (non-hydrogen) atoms. The second kappa shape index (κ2) is 6.90. The molecule has 1 aromatic carbocycles. The van der Waals surface area contributed by atoms with Gasteiger partial charge in [-0.3, -0.25) is 4.90 Å². The zero-order valence-corrected chi connectivity index (χ0v) is 15.5. The number of carbonyl (C=O) groups is 1. The van der Waals surface area contributed by atoms with Gasteiger partial charge in [-0.1, -0.05) is 18.2 Å². The van der Waals surface area contributed by atoms with Crippen LogP contribution in [0.2, 0.25) is 0 Å². The lowest BCUT2D eigenvalue weighted by Gasteiger charge is -2.31. The van der Waals surface area contributed by atoms with E-state index in [0.717, 1.165) is 6.07 Å². The average Bonchev–Trinajstić information content (AvgIpc) is 2.95. The van der Waals surface area contributed by atoms with Gasteiger partial charge in [-0.25, -0.2) is 9.78 Å². The summed E-state index contributed by atoms with van der Waals surface area (Å²) in [5, 5.41) is 0. The minimum absolute atomic E-state index is 0.134. The smallest absolute Gasteiger partial charge is 0.416 e. The largest absolute Gasteiger partial charge is 0.444 e. The summed E-state index contributed by atoms with van der Waals surface area (Å²) >= 11 is 0. The minimum atomic E-state index is -4.39. The molecule has 2 heterocycles. The molecule has 3 rings (SSSR count). The molecule has 0 spiro atoms. The fraction of sp³-hybridized carbons (Fsp3) is 0.474. The first-order valence-electron chi connectivity index (χ1n) is 8.71. The number of imidazole rings is 1. The summed E-state index contributed by atoms with van der Waals surface area (Å²) in [7, 11) is 0. The number of halogens is 3. The molecule has 146 valence electrons. The molecular weight excluding hydrogens is 359 g/mol. The van der Waals surface area contributed by atoms with Crippen LogP contribution in [0.25, 0.3) is 0 Å². The highest BCUT2D eigenvalue weighted by Crippen LogP contribution is 2.33. The van der Waals surface area contributed by atoms with Gasteiger partial charge in [-0.2, -0.15) is 13.2 Å². The normalized spacial score (nSPS) is 14.8. The lowest BCUT2D eigenvalue weighted by Crippen LogP contribution is -2.41. The lowest BCUT2D eigenvalue weighted by atomic mass is 10.0. The molecule has 8 heteroatoms. The highest BCUT2D eigenvalue weighted by molar-refractivity contribution is 5.68. The van der Waals surface area contributed by atoms with Crippen molar-refractivity contribution < 1.29 is 22.7 Å². The first-order valence-corrected chi connectivity index (χ1v) is 8.71. The van der Waals surface area contributed by atoms with Crippen LogP contribution in [0.4, 0.5) is 18.0 Å². The molecule has 0 N–H and O–H groups in total. The second-order valence-corrected chi connectivity index (χ2v) is 7.55. The Kier molecular flexibility index (Phi) is 4.92. The van der Waals surface area contributed by atoms with E-state index >= 15 is 0 Å². The first-order chi connectivity index (χ1) is 12.5. The van der Waals surface area contributed by atoms with Gasteiger partial charge >= 0.3 is 12.3 Å². The van der Waals surface area contributed by atoms with E-state index in [1.807, 2.05) is 4.57 Å². The van der Waals surface area contributed by atoms with Crippen molar-refractivity contribution in [2.75, 3.05) is 6.54 Å². The summed E-state index contributed by atoms with van der Waals surface area (Å²) in [5.74, 6) is 0.645. The van der Waals surface area contributed by atoms with E-state index in [1.165, 1.54) is 12.1 Å². The minimum Gasteiger partial charge on any atom is -0.444 e. The van der Waals surface area contributed by atoms with Gasteiger partial charge in [0.25, 0.3) is 0 Å². The molecule has 2 aromatic rings. The maximum Gasteiger partial charge on any atom is 0.416 e. The van der Waals surface area contributed by atoms with Crippen LogP contribution < -0.4 is 0 Å². The predicted molar refractivity (Wildman–Crippen MR) is 93.1 cm³/mol. The molecule has 0 saturated carbocycles. The number of benzene rings is 1. The monoisotopic (exact) mass is 381 g/mol. The number of aromatic nitrogens is 2. The van der Waals surface area contributed by atoms with Crippen molar-refractivity contribution in [2.24, 2.45) is 0 Å². The zero-order valence-electron chi connectivity index (χ0n) is 15.5. The quantitative estimate of drug-likeness (QED) is 0.782. The predicted octanol–water partition coefficient (Wildman–Crippen LogP) is 4.24. The number of amides is 1. The molecule has 0 saturated heterocycles. The SMILES string of the molecule is CC(C)(C)OC(=O)N1CCn2c(Cc3ccccc3C(F)(F)F)cnc2C1. The standard InChI is InChI=1S/C19H22F3N3O2/c1-18(2,3)27-17(26)24-8-9-25-14(11-23-16(25)12-24)10-13-6-4-5-7-15(13)19(20,21)22/h4-7,11H,8-10,12H2,1-3H3. The van der Waals surface area contributed by atoms with Crippen LogP contribution in [0.1, 0.15) is 43.4 Å². The zero-order chi connectivity index (χ0) is 19.8. The van der Waals surface area contributed by atoms with Gasteiger partial charge in [0.05, 0.1) is 12.1 Å². The fourth-order valence-corrected chi connectivity index (χ4v) is 3.09. The highest BCUT2D eigenvalue weighted by atomic mass is 19.4. The van der Waals surface area contributed by atoms with Crippen molar-refractivity contribution in [1.82, 2.24) is 14.5 Å². The van der Waals surface area contributed by atoms with E-state index in [0.29, 0.717) is 24.6 Å². The summed E-state index contributed by atoms with van der Waals surface area (Å²) in [6, 6.07) is 5.56. The van der Waals surface area contributed by atoms with Crippen LogP contribution in [0, 0.1) is 0 Å². The second-order valence-electron chi connectivity index (χ2n) is 7.55. The van der Waals surface area contributed by atoms with Crippen LogP contribution in [-0.2, 0) is 30.4 Å². The third-order valence-corrected chi connectivity index (χ3v) is 4.29. The van der Waals surface area contributed by atoms with Crippen molar-refractivity contribution >= 4 is 6.09 Å². The van der Waals surface area contributed by atoms with Crippen molar-refractivity contribution in [2.45, 2.75) is 52.1 Å². The van der Waals surface area contributed by atoms with Gasteiger partial charge in [0.1, 0.15) is 11.4 Å². The molecule has 1 aliphatic rings. The molecule has 0 unspecified atom stereocenters. The number of alkyl halides is 3. The van der Waals surface area contributed by atoms with Crippen molar-refractivity contribution in [3.05, 3.63) is 53.1 Å². The Morgan fingerprint density at radius 2 is 1.89 bits per heavy atom. The maximum absolute atomic E-state index is 13.2. The molecule has 0 bridgehead atoms. The van der Waals surface area contributed by atoms with Gasteiger partial charge in [0.15, 0.2) is 0 Å². The number of hydrogen-bond donors (Lipinski definition) is 0. The Morgan fingerprint density at radius 3 is 2.56 bits per heavy atom. The van der Waals surface area contributed by atoms with E-state index in [1.54, 1.807) is 37.9 Å². The number of nitrogens with zero attached hydrogens (tertiary/aromatic N) is 3. The molecule has 1 amide bonds. The average molecular weight is 381 g/mol. The molecule has 5 nitrogen and oxygen atoms in total. The van der Waals surface area contributed by atoms with E-state index in [-0.39, 0.29) is 18.5 Å². The van der Waals surface area contributed by atoms with Gasteiger partial charge in [-0.05, 0) is 32.4 Å². The Morgan fingerprint density at radius 1 is 1.19 bits per heavy atom. The van der Waals surface area contributed by atoms with Gasteiger partial charge in [0.2, 0.25) is 0 Å². The van der Waals surface area contributed by atoms with Crippen LogP contribution in [0.5, 0.6) is 0 Å². The number of rotatable bonds is 2. The van der Waals surface area contributed by atoms with Crippen LogP contribution in [-0.4, -0.2) is 32.7 Å². The summed E-state index contributed by atoms with van der Waals surface area (Å²) in [5.41, 5.74) is -0.310. The molecule has 1 aromatic heterocycles. The molecule has 1 aliphatic heterocycles. The van der Waals surface area contributed by atoms with Gasteiger partial charge in [0, 0.05) is 31.4 Å². The van der Waals surface area contributed by atoms with Gasteiger partial charge in [-0.15, -0.1) is 0 Å². The topological polar surface area (TPSA) is 47.4 Å². The third kappa shape index (κ3) is 4.43. The Balaban J connectivity index is 1.78. The van der Waals surface area contributed by atoms with Crippen molar-refractivity contribution in [3.63, 3.8) is 0 Å². The van der Waals surface area contributed by atoms with E-state index in [2.05, 4.69) is 4.98 Å². The van der Waals surface area contributed by atoms with E-state index < -0.39 is 23.4 Å². The lowest BCUT2D eigenvalue weighted by molar-refractivity contribution is -0.138. The summed E-state index contributed by atoms with van der Waals surface area (Å²) in [6.07, 6.45) is -3.09. The number of ether oxygens (including phenoxy) is 1. The third-order valence-electron chi connectivity index (χ3n) is 4.29. The summed E-state index contributed by atoms with van der Waals surface area (Å²) < 4.78 is 46.9. The fourth-order valence-electron chi connectivity index (χ4n) is 3.09. The summed E-state index contributed by atoms with van der Waals surface area (Å²) in [6.45, 7) is 6.56. The number of fused-ring (bicyclic) bond motifs is 1. The molecule has 0 atom stereocenters. The first kappa shape index (κ1) is 19.3. The Hall–Kier alpha value is -2.51. The van der Waals surface area contributed by atoms with Crippen molar-refractivity contribution in [3.8, 4) is 0 Å². The highest BCUT2D eigenvalue weighted by Gasteiger charge is 2.33. The molecule has 0 radical (unpaired) electrons.